The summed E-state index contributed by atoms with van der Waals surface area (Å²) in [6.07, 6.45) is 0. The van der Waals surface area contributed by atoms with Crippen LogP contribution in [0.25, 0.3) is 10.8 Å². The van der Waals surface area contributed by atoms with Crippen molar-refractivity contribution in [3.05, 3.63) is 48.0 Å². The molecule has 0 saturated carbocycles. The van der Waals surface area contributed by atoms with E-state index in [0.717, 1.165) is 18.2 Å². The molecule has 3 N–H and O–H groups in total. The molecule has 0 atom stereocenters. The third-order valence-corrected chi connectivity index (χ3v) is 7.90. The van der Waals surface area contributed by atoms with Gasteiger partial charge in [-0.2, -0.15) is 21.8 Å². The smallest absolute Gasteiger partial charge is 0.870 e. The van der Waals surface area contributed by atoms with Gasteiger partial charge in [-0.1, -0.05) is 23.9 Å². The first-order valence-electron chi connectivity index (χ1n) is 12.2. The van der Waals surface area contributed by atoms with Crippen molar-refractivity contribution in [2.24, 2.45) is 10.2 Å². The Labute approximate surface area is 323 Å². The van der Waals surface area contributed by atoms with Gasteiger partial charge in [-0.15, -0.1) is 10.2 Å². The fraction of sp³-hybridized carbons (Fsp3) is 0.167. The number of aromatic nitrogens is 3. The summed E-state index contributed by atoms with van der Waals surface area (Å²) in [7, 11) is -10.2. The molecule has 1 aliphatic heterocycles. The molecule has 0 aliphatic carbocycles. The van der Waals surface area contributed by atoms with Crippen LogP contribution in [0.5, 0.6) is 11.8 Å². The number of nitrogens with one attached hydrogen (secondary N) is 1. The Morgan fingerprint density at radius 3 is 2.21 bits per heavy atom. The predicted molar refractivity (Wildman–Crippen MR) is 144 cm³/mol. The SMILES string of the molecule is O=C([O-])c1ccccc1N=Nc1c(S(=O)(=O)O)cc2cc(S(=O)(=O)O)cc(Nc3nc([O-])nc(N4CCOCC4)n3)c2c1[O-].[Li+].[Na+].[Na+]. The van der Waals surface area contributed by atoms with E-state index < -0.39 is 81.4 Å². The number of morpholine rings is 1. The summed E-state index contributed by atoms with van der Waals surface area (Å²) >= 11 is 0. The van der Waals surface area contributed by atoms with Crippen LogP contribution < -0.4 is 104 Å². The van der Waals surface area contributed by atoms with Crippen molar-refractivity contribution < 1.29 is 129 Å². The average molecular weight is 698 g/mol. The molecule has 0 unspecified atom stereocenters. The number of hydrogen-bond acceptors (Lipinski definition) is 16. The van der Waals surface area contributed by atoms with Crippen molar-refractivity contribution in [3.8, 4) is 11.8 Å². The Balaban J connectivity index is 0.00000256. The molecule has 5 rings (SSSR count). The Hall–Kier alpha value is -2.42. The molecule has 1 aromatic heterocycles. The summed E-state index contributed by atoms with van der Waals surface area (Å²) in [4.78, 5) is 22.7. The Morgan fingerprint density at radius 1 is 0.936 bits per heavy atom. The number of hydrogen-bond donors (Lipinski definition) is 3. The molecule has 1 saturated heterocycles. The van der Waals surface area contributed by atoms with E-state index >= 15 is 0 Å². The van der Waals surface area contributed by atoms with E-state index in [0.29, 0.717) is 32.4 Å². The largest absolute Gasteiger partial charge is 1.00 e. The van der Waals surface area contributed by atoms with Gasteiger partial charge < -0.3 is 35.1 Å². The third-order valence-electron chi connectivity index (χ3n) is 6.21. The van der Waals surface area contributed by atoms with Crippen molar-refractivity contribution >= 4 is 65.9 Å². The molecule has 0 amide bonds. The van der Waals surface area contributed by atoms with Gasteiger partial charge in [-0.3, -0.25) is 9.11 Å². The molecule has 18 nitrogen and oxygen atoms in total. The van der Waals surface area contributed by atoms with Crippen LogP contribution >= 0.6 is 0 Å². The van der Waals surface area contributed by atoms with E-state index in [9.17, 15) is 46.1 Å². The molecule has 230 valence electrons. The summed E-state index contributed by atoms with van der Waals surface area (Å²) in [5.74, 6) is -3.38. The average Bonchev–Trinajstić information content (AvgIpc) is 2.95. The number of benzene rings is 3. The molecule has 0 radical (unpaired) electrons. The van der Waals surface area contributed by atoms with Crippen LogP contribution in [0, 0.1) is 0 Å². The molecule has 1 fully saturated rings. The number of carboxylic acids is 1. The Bertz CT molecular complexity index is 2070. The Kier molecular flexibility index (Phi) is 14.1. The first-order chi connectivity index (χ1) is 20.7. The van der Waals surface area contributed by atoms with E-state index in [-0.39, 0.29) is 89.6 Å². The topological polar surface area (TPSA) is 283 Å². The van der Waals surface area contributed by atoms with Crippen LogP contribution in [0.15, 0.2) is 62.5 Å². The number of carbonyl (C=O) groups excluding carboxylic acids is 1. The van der Waals surface area contributed by atoms with Gasteiger partial charge in [-0.25, -0.2) is 9.97 Å². The summed E-state index contributed by atoms with van der Waals surface area (Å²) in [5.41, 5.74) is -2.17. The van der Waals surface area contributed by atoms with Gasteiger partial charge in [0.25, 0.3) is 20.2 Å². The zero-order valence-corrected chi connectivity index (χ0v) is 30.6. The minimum atomic E-state index is -5.23. The van der Waals surface area contributed by atoms with Gasteiger partial charge >= 0.3 is 78.0 Å². The van der Waals surface area contributed by atoms with Crippen molar-refractivity contribution in [2.45, 2.75) is 9.79 Å². The van der Waals surface area contributed by atoms with Gasteiger partial charge in [0.15, 0.2) is 0 Å². The van der Waals surface area contributed by atoms with E-state index in [1.807, 2.05) is 0 Å². The molecular formula is C24H18LiN7Na2O11S2. The van der Waals surface area contributed by atoms with Crippen LogP contribution in [-0.2, 0) is 25.0 Å². The summed E-state index contributed by atoms with van der Waals surface area (Å²) in [5, 5.41) is 46.4. The number of ether oxygens (including phenoxy) is 1. The summed E-state index contributed by atoms with van der Waals surface area (Å²) < 4.78 is 73.5. The number of aromatic carboxylic acids is 1. The van der Waals surface area contributed by atoms with Crippen molar-refractivity contribution in [3.63, 3.8) is 0 Å². The van der Waals surface area contributed by atoms with Crippen LogP contribution in [-0.4, -0.2) is 73.2 Å². The zero-order chi connectivity index (χ0) is 31.8. The first kappa shape index (κ1) is 40.8. The Morgan fingerprint density at radius 2 is 1.60 bits per heavy atom. The monoisotopic (exact) mass is 697 g/mol. The number of carbonyl (C=O) groups is 1. The van der Waals surface area contributed by atoms with Crippen molar-refractivity contribution in [2.75, 3.05) is 36.5 Å². The van der Waals surface area contributed by atoms with Crippen LogP contribution in [0.4, 0.5) is 29.0 Å². The zero-order valence-electron chi connectivity index (χ0n) is 24.9. The van der Waals surface area contributed by atoms with Crippen LogP contribution in [0.3, 0.4) is 0 Å². The molecule has 2 heterocycles. The van der Waals surface area contributed by atoms with Crippen molar-refractivity contribution in [1.29, 1.82) is 0 Å². The second-order valence-corrected chi connectivity index (χ2v) is 11.9. The molecule has 23 heteroatoms. The minimum absolute atomic E-state index is 0. The van der Waals surface area contributed by atoms with Gasteiger partial charge in [0.05, 0.1) is 41.5 Å². The maximum atomic E-state index is 13.7. The van der Waals surface area contributed by atoms with Crippen molar-refractivity contribution in [1.82, 2.24) is 15.0 Å². The number of azo groups is 1. The number of fused-ring (bicyclic) bond motifs is 1. The normalized spacial score (nSPS) is 13.4. The van der Waals surface area contributed by atoms with E-state index in [2.05, 4.69) is 30.5 Å². The molecule has 3 aromatic carbocycles. The number of rotatable bonds is 8. The minimum Gasteiger partial charge on any atom is -0.870 e. The second-order valence-electron chi connectivity index (χ2n) is 9.04. The maximum Gasteiger partial charge on any atom is 1.00 e. The van der Waals surface area contributed by atoms with Gasteiger partial charge in [0.1, 0.15) is 4.90 Å². The van der Waals surface area contributed by atoms with E-state index in [1.165, 1.54) is 18.2 Å². The second kappa shape index (κ2) is 16.3. The molecule has 1 aliphatic rings. The predicted octanol–water partition coefficient (Wildman–Crippen LogP) is -8.96. The third kappa shape index (κ3) is 9.39. The molecule has 47 heavy (non-hydrogen) atoms. The summed E-state index contributed by atoms with van der Waals surface area (Å²) in [6, 6.07) is 6.29. The van der Waals surface area contributed by atoms with E-state index in [4.69, 9.17) is 4.74 Å². The summed E-state index contributed by atoms with van der Waals surface area (Å²) in [6.45, 7) is 1.32. The van der Waals surface area contributed by atoms with Crippen LogP contribution in [0.2, 0.25) is 0 Å². The van der Waals surface area contributed by atoms with E-state index in [1.54, 1.807) is 4.90 Å². The molecule has 0 bridgehead atoms. The molecule has 4 aromatic rings. The number of anilines is 3. The quantitative estimate of drug-likeness (QED) is 0.0875. The molecule has 0 spiro atoms. The van der Waals surface area contributed by atoms with Crippen LogP contribution in [0.1, 0.15) is 10.4 Å². The molecular weight excluding hydrogens is 679 g/mol. The first-order valence-corrected chi connectivity index (χ1v) is 15.1. The number of carboxylic acid groups (broad SMARTS) is 1. The maximum absolute atomic E-state index is 13.7. The van der Waals surface area contributed by atoms with Gasteiger partial charge in [0.2, 0.25) is 11.9 Å². The van der Waals surface area contributed by atoms with Gasteiger partial charge in [0, 0.05) is 24.3 Å². The van der Waals surface area contributed by atoms with Gasteiger partial charge in [-0.05, 0) is 35.0 Å². The fourth-order valence-electron chi connectivity index (χ4n) is 4.25. The fourth-order valence-corrected chi connectivity index (χ4v) is 5.44. The standard InChI is InChI=1S/C24H21N7O11S2.Li.2Na/c32-20-18-12(10-17(44(39,40)41)19(20)30-29-15-4-2-1-3-14(15)21(33)34)9-13(43(36,37)38)11-16(18)25-22-26-23(28-24(35)27-22)31-5-7-42-8-6-31;;;/h1-4,9-11,32H,5-8H2,(H,33,34)(H,36,37,38)(H,39,40,41)(H2,25,26,27,28,35);;;/q;3*+1/p-3. The number of nitrogens with zero attached hydrogens (tertiary/aromatic N) is 6.